The summed E-state index contributed by atoms with van der Waals surface area (Å²) in [5.74, 6) is -1.47. The molecule has 20 heavy (non-hydrogen) atoms. The Morgan fingerprint density at radius 1 is 1.15 bits per heavy atom. The van der Waals surface area contributed by atoms with E-state index in [-0.39, 0.29) is 12.1 Å². The van der Waals surface area contributed by atoms with E-state index in [0.717, 1.165) is 10.0 Å². The molecule has 0 amide bonds. The van der Waals surface area contributed by atoms with Crippen molar-refractivity contribution in [3.05, 3.63) is 69.4 Å². The summed E-state index contributed by atoms with van der Waals surface area (Å²) in [6.45, 7) is 0.840. The molecule has 0 bridgehead atoms. The number of carboxylic acid groups (broad SMARTS) is 1. The van der Waals surface area contributed by atoms with Crippen LogP contribution in [0.25, 0.3) is 0 Å². The fourth-order valence-electron chi connectivity index (χ4n) is 1.82. The first-order chi connectivity index (χ1) is 9.58. The molecule has 0 saturated carbocycles. The molecule has 3 nitrogen and oxygen atoms in total. The zero-order valence-corrected chi connectivity index (χ0v) is 12.2. The van der Waals surface area contributed by atoms with E-state index in [0.29, 0.717) is 12.1 Å². The number of carbonyl (C=O) groups is 1. The molecule has 0 fully saturated rings. The summed E-state index contributed by atoms with van der Waals surface area (Å²) in [6, 6.07) is 11.5. The van der Waals surface area contributed by atoms with Gasteiger partial charge in [-0.05, 0) is 29.8 Å². The predicted octanol–water partition coefficient (Wildman–Crippen LogP) is 3.58. The summed E-state index contributed by atoms with van der Waals surface area (Å²) >= 11 is 3.44. The Morgan fingerprint density at radius 3 is 2.55 bits per heavy atom. The van der Waals surface area contributed by atoms with Crippen LogP contribution >= 0.6 is 15.9 Å². The lowest BCUT2D eigenvalue weighted by atomic mass is 10.1. The van der Waals surface area contributed by atoms with E-state index < -0.39 is 11.8 Å². The van der Waals surface area contributed by atoms with Gasteiger partial charge in [-0.25, -0.2) is 9.18 Å². The van der Waals surface area contributed by atoms with Crippen LogP contribution in [0.5, 0.6) is 0 Å². The molecule has 104 valence electrons. The number of benzene rings is 2. The van der Waals surface area contributed by atoms with Gasteiger partial charge in [0.25, 0.3) is 0 Å². The van der Waals surface area contributed by atoms with Crippen molar-refractivity contribution in [2.45, 2.75) is 13.1 Å². The molecule has 0 heterocycles. The maximum absolute atomic E-state index is 13.6. The van der Waals surface area contributed by atoms with Gasteiger partial charge in [-0.3, -0.25) is 0 Å². The second-order valence-electron chi connectivity index (χ2n) is 4.31. The minimum atomic E-state index is -1.06. The zero-order valence-electron chi connectivity index (χ0n) is 10.6. The molecule has 0 spiro atoms. The molecule has 2 aromatic carbocycles. The zero-order chi connectivity index (χ0) is 14.5. The van der Waals surface area contributed by atoms with E-state index in [1.807, 2.05) is 24.3 Å². The smallest absolute Gasteiger partial charge is 0.335 e. The second kappa shape index (κ2) is 6.63. The minimum Gasteiger partial charge on any atom is -0.478 e. The van der Waals surface area contributed by atoms with Crippen LogP contribution in [0.15, 0.2) is 46.9 Å². The molecular weight excluding hydrogens is 325 g/mol. The Morgan fingerprint density at radius 2 is 1.85 bits per heavy atom. The number of halogens is 2. The minimum absolute atomic E-state index is 0.0871. The van der Waals surface area contributed by atoms with Crippen molar-refractivity contribution in [3.63, 3.8) is 0 Å². The van der Waals surface area contributed by atoms with Crippen LogP contribution in [0, 0.1) is 5.82 Å². The number of nitrogens with one attached hydrogen (secondary N) is 1. The van der Waals surface area contributed by atoms with Crippen molar-refractivity contribution in [1.29, 1.82) is 0 Å². The molecule has 0 unspecified atom stereocenters. The average molecular weight is 338 g/mol. The molecule has 0 saturated heterocycles. The molecule has 0 aliphatic carbocycles. The highest BCUT2D eigenvalue weighted by atomic mass is 79.9. The largest absolute Gasteiger partial charge is 0.478 e. The van der Waals surface area contributed by atoms with Crippen LogP contribution in [0.4, 0.5) is 4.39 Å². The van der Waals surface area contributed by atoms with Gasteiger partial charge < -0.3 is 10.4 Å². The van der Waals surface area contributed by atoms with Gasteiger partial charge in [0.1, 0.15) is 5.82 Å². The van der Waals surface area contributed by atoms with Gasteiger partial charge in [-0.15, -0.1) is 0 Å². The van der Waals surface area contributed by atoms with E-state index in [4.69, 9.17) is 5.11 Å². The molecule has 2 N–H and O–H groups in total. The molecule has 0 aliphatic heterocycles. The monoisotopic (exact) mass is 337 g/mol. The van der Waals surface area contributed by atoms with E-state index in [1.165, 1.54) is 18.2 Å². The van der Waals surface area contributed by atoms with E-state index in [1.54, 1.807) is 0 Å². The first-order valence-corrected chi connectivity index (χ1v) is 6.83. The SMILES string of the molecule is O=C(O)c1ccc(F)c(CNCc2ccccc2Br)c1. The van der Waals surface area contributed by atoms with Gasteiger partial charge in [-0.1, -0.05) is 34.1 Å². The average Bonchev–Trinajstić information content (AvgIpc) is 2.42. The number of rotatable bonds is 5. The number of hydrogen-bond donors (Lipinski definition) is 2. The fourth-order valence-corrected chi connectivity index (χ4v) is 2.24. The number of aromatic carboxylic acids is 1. The molecule has 2 aromatic rings. The summed E-state index contributed by atoms with van der Waals surface area (Å²) in [4.78, 5) is 10.9. The van der Waals surface area contributed by atoms with Crippen molar-refractivity contribution in [3.8, 4) is 0 Å². The summed E-state index contributed by atoms with van der Waals surface area (Å²) in [6.07, 6.45) is 0. The maximum atomic E-state index is 13.6. The third-order valence-electron chi connectivity index (χ3n) is 2.88. The van der Waals surface area contributed by atoms with Crippen LogP contribution in [0.1, 0.15) is 21.5 Å². The summed E-state index contributed by atoms with van der Waals surface area (Å²) in [5, 5.41) is 12.0. The Kier molecular flexibility index (Phi) is 4.87. The third kappa shape index (κ3) is 3.65. The Labute approximate surface area is 124 Å². The van der Waals surface area contributed by atoms with Crippen LogP contribution < -0.4 is 5.32 Å². The molecule has 0 aliphatic rings. The van der Waals surface area contributed by atoms with Gasteiger partial charge in [0.15, 0.2) is 0 Å². The van der Waals surface area contributed by atoms with Crippen LogP contribution in [-0.4, -0.2) is 11.1 Å². The second-order valence-corrected chi connectivity index (χ2v) is 5.16. The quantitative estimate of drug-likeness (QED) is 0.876. The fraction of sp³-hybridized carbons (Fsp3) is 0.133. The van der Waals surface area contributed by atoms with E-state index in [9.17, 15) is 9.18 Å². The van der Waals surface area contributed by atoms with Gasteiger partial charge >= 0.3 is 5.97 Å². The van der Waals surface area contributed by atoms with E-state index in [2.05, 4.69) is 21.2 Å². The maximum Gasteiger partial charge on any atom is 0.335 e. The lowest BCUT2D eigenvalue weighted by Crippen LogP contribution is -2.14. The summed E-state index contributed by atoms with van der Waals surface area (Å²) in [5.41, 5.74) is 1.49. The third-order valence-corrected chi connectivity index (χ3v) is 3.66. The molecule has 5 heteroatoms. The van der Waals surface area contributed by atoms with Crippen molar-refractivity contribution >= 4 is 21.9 Å². The molecule has 0 aromatic heterocycles. The molecule has 0 radical (unpaired) electrons. The van der Waals surface area contributed by atoms with Gasteiger partial charge in [0, 0.05) is 23.1 Å². The van der Waals surface area contributed by atoms with Crippen molar-refractivity contribution in [2.24, 2.45) is 0 Å². The van der Waals surface area contributed by atoms with Crippen molar-refractivity contribution < 1.29 is 14.3 Å². The Bertz CT molecular complexity index is 631. The van der Waals surface area contributed by atoms with Crippen LogP contribution in [-0.2, 0) is 13.1 Å². The van der Waals surface area contributed by atoms with Crippen molar-refractivity contribution in [2.75, 3.05) is 0 Å². The molecule has 2 rings (SSSR count). The van der Waals surface area contributed by atoms with E-state index >= 15 is 0 Å². The van der Waals surface area contributed by atoms with Crippen LogP contribution in [0.2, 0.25) is 0 Å². The standard InChI is InChI=1S/C15H13BrFNO2/c16-13-4-2-1-3-11(13)8-18-9-12-7-10(15(19)20)5-6-14(12)17/h1-7,18H,8-9H2,(H,19,20). The first kappa shape index (κ1) is 14.7. The predicted molar refractivity (Wildman–Crippen MR) is 78.0 cm³/mol. The Hall–Kier alpha value is -1.72. The summed E-state index contributed by atoms with van der Waals surface area (Å²) < 4.78 is 14.6. The number of carboxylic acids is 1. The first-order valence-electron chi connectivity index (χ1n) is 6.04. The van der Waals surface area contributed by atoms with Gasteiger partial charge in [-0.2, -0.15) is 0 Å². The molecular formula is C15H13BrFNO2. The lowest BCUT2D eigenvalue weighted by molar-refractivity contribution is 0.0696. The lowest BCUT2D eigenvalue weighted by Gasteiger charge is -2.08. The summed E-state index contributed by atoms with van der Waals surface area (Å²) in [7, 11) is 0. The van der Waals surface area contributed by atoms with Gasteiger partial charge in [0.05, 0.1) is 5.56 Å². The van der Waals surface area contributed by atoms with Crippen molar-refractivity contribution in [1.82, 2.24) is 5.32 Å². The topological polar surface area (TPSA) is 49.3 Å². The van der Waals surface area contributed by atoms with Gasteiger partial charge in [0.2, 0.25) is 0 Å². The molecule has 0 atom stereocenters. The normalized spacial score (nSPS) is 10.5. The number of hydrogen-bond acceptors (Lipinski definition) is 2. The van der Waals surface area contributed by atoms with Crippen LogP contribution in [0.3, 0.4) is 0 Å². The highest BCUT2D eigenvalue weighted by molar-refractivity contribution is 9.10. The Balaban J connectivity index is 2.02. The highest BCUT2D eigenvalue weighted by Crippen LogP contribution is 2.16. The highest BCUT2D eigenvalue weighted by Gasteiger charge is 2.08.